The van der Waals surface area contributed by atoms with Crippen molar-refractivity contribution < 1.29 is 9.52 Å². The van der Waals surface area contributed by atoms with Crippen LogP contribution in [-0.2, 0) is 0 Å². The topological polar surface area (TPSA) is 50.4 Å². The summed E-state index contributed by atoms with van der Waals surface area (Å²) in [6.07, 6.45) is 0. The van der Waals surface area contributed by atoms with E-state index in [0.29, 0.717) is 16.9 Å². The molecule has 112 valence electrons. The minimum atomic E-state index is -0.319. The molecule has 0 spiro atoms. The third-order valence-corrected chi connectivity index (χ3v) is 4.54. The second-order valence-electron chi connectivity index (χ2n) is 4.99. The van der Waals surface area contributed by atoms with Gasteiger partial charge in [-0.1, -0.05) is 30.3 Å². The van der Waals surface area contributed by atoms with Gasteiger partial charge in [-0.25, -0.2) is 4.79 Å². The van der Waals surface area contributed by atoms with Gasteiger partial charge < -0.3 is 9.52 Å². The summed E-state index contributed by atoms with van der Waals surface area (Å²) in [6.45, 7) is 2.07. The van der Waals surface area contributed by atoms with Crippen LogP contribution in [0.25, 0.3) is 22.1 Å². The van der Waals surface area contributed by atoms with Crippen LogP contribution in [0.4, 0.5) is 0 Å². The van der Waals surface area contributed by atoms with Gasteiger partial charge in [0, 0.05) is 16.0 Å². The van der Waals surface area contributed by atoms with Gasteiger partial charge in [-0.05, 0) is 36.2 Å². The Kier molecular flexibility index (Phi) is 4.32. The zero-order chi connectivity index (χ0) is 15.5. The van der Waals surface area contributed by atoms with Crippen molar-refractivity contribution in [2.24, 2.45) is 0 Å². The van der Waals surface area contributed by atoms with Gasteiger partial charge in [-0.3, -0.25) is 0 Å². The molecule has 0 aliphatic heterocycles. The van der Waals surface area contributed by atoms with Crippen LogP contribution in [0.15, 0.2) is 62.6 Å². The van der Waals surface area contributed by atoms with E-state index in [0.717, 1.165) is 21.4 Å². The molecule has 0 bridgehead atoms. The number of hydrogen-bond acceptors (Lipinski definition) is 4. The summed E-state index contributed by atoms with van der Waals surface area (Å²) >= 11 is 1.54. The van der Waals surface area contributed by atoms with Crippen LogP contribution >= 0.6 is 11.8 Å². The Hall–Kier alpha value is -2.04. The van der Waals surface area contributed by atoms with Crippen LogP contribution in [0.5, 0.6) is 0 Å². The molecular weight excluding hydrogens is 296 g/mol. The van der Waals surface area contributed by atoms with Crippen LogP contribution in [0.1, 0.15) is 5.56 Å². The fourth-order valence-corrected chi connectivity index (χ4v) is 3.21. The summed E-state index contributed by atoms with van der Waals surface area (Å²) in [5.74, 6) is 0.622. The summed E-state index contributed by atoms with van der Waals surface area (Å²) in [7, 11) is 0. The van der Waals surface area contributed by atoms with Gasteiger partial charge in [0.2, 0.25) is 0 Å². The van der Waals surface area contributed by atoms with Gasteiger partial charge in [0.15, 0.2) is 0 Å². The zero-order valence-electron chi connectivity index (χ0n) is 12.2. The molecule has 0 unspecified atom stereocenters. The maximum Gasteiger partial charge on any atom is 0.344 e. The molecule has 0 atom stereocenters. The van der Waals surface area contributed by atoms with Crippen LogP contribution in [0.2, 0.25) is 0 Å². The summed E-state index contributed by atoms with van der Waals surface area (Å²) in [5, 5.41) is 9.83. The predicted molar refractivity (Wildman–Crippen MR) is 90.5 cm³/mol. The number of benzene rings is 2. The average Bonchev–Trinajstić information content (AvgIpc) is 2.53. The van der Waals surface area contributed by atoms with Gasteiger partial charge in [0.05, 0.1) is 12.2 Å². The third kappa shape index (κ3) is 2.80. The largest absolute Gasteiger partial charge is 0.422 e. The van der Waals surface area contributed by atoms with Crippen molar-refractivity contribution in [3.05, 3.63) is 64.5 Å². The van der Waals surface area contributed by atoms with E-state index < -0.39 is 0 Å². The fourth-order valence-electron chi connectivity index (χ4n) is 2.53. The number of rotatable bonds is 4. The standard InChI is InChI=1S/C18H16O3S/c1-12-15-8-7-14(22-10-9-19)11-16(15)21-18(20)17(12)13-5-3-2-4-6-13/h2-8,11,19H,9-10H2,1H3. The van der Waals surface area contributed by atoms with E-state index in [9.17, 15) is 4.79 Å². The molecule has 0 radical (unpaired) electrons. The summed E-state index contributed by atoms with van der Waals surface area (Å²) in [4.78, 5) is 13.3. The Bertz CT molecular complexity index is 853. The molecule has 3 aromatic rings. The average molecular weight is 312 g/mol. The first-order valence-electron chi connectivity index (χ1n) is 7.07. The number of fused-ring (bicyclic) bond motifs is 1. The lowest BCUT2D eigenvalue weighted by molar-refractivity contribution is 0.322. The lowest BCUT2D eigenvalue weighted by Crippen LogP contribution is -2.05. The van der Waals surface area contributed by atoms with Crippen molar-refractivity contribution in [2.75, 3.05) is 12.4 Å². The Morgan fingerprint density at radius 1 is 1.14 bits per heavy atom. The molecule has 0 saturated carbocycles. The molecule has 1 heterocycles. The van der Waals surface area contributed by atoms with E-state index >= 15 is 0 Å². The van der Waals surface area contributed by atoms with Crippen molar-refractivity contribution in [1.29, 1.82) is 0 Å². The highest BCUT2D eigenvalue weighted by Gasteiger charge is 2.13. The second-order valence-corrected chi connectivity index (χ2v) is 6.15. The monoisotopic (exact) mass is 312 g/mol. The number of aliphatic hydroxyl groups excluding tert-OH is 1. The fraction of sp³-hybridized carbons (Fsp3) is 0.167. The predicted octanol–water partition coefficient (Wildman–Crippen LogP) is 3.85. The Labute approximate surface area is 132 Å². The molecule has 22 heavy (non-hydrogen) atoms. The Morgan fingerprint density at radius 3 is 2.64 bits per heavy atom. The zero-order valence-corrected chi connectivity index (χ0v) is 13.0. The maximum absolute atomic E-state index is 12.4. The third-order valence-electron chi connectivity index (χ3n) is 3.56. The molecule has 2 aromatic carbocycles. The van der Waals surface area contributed by atoms with Gasteiger partial charge in [-0.15, -0.1) is 11.8 Å². The van der Waals surface area contributed by atoms with Gasteiger partial charge >= 0.3 is 5.63 Å². The van der Waals surface area contributed by atoms with Crippen LogP contribution in [-0.4, -0.2) is 17.5 Å². The number of aryl methyl sites for hydroxylation is 1. The minimum Gasteiger partial charge on any atom is -0.422 e. The van der Waals surface area contributed by atoms with Crippen molar-refractivity contribution in [3.8, 4) is 11.1 Å². The molecular formula is C18H16O3S. The van der Waals surface area contributed by atoms with E-state index in [-0.39, 0.29) is 12.2 Å². The van der Waals surface area contributed by atoms with Gasteiger partial charge in [0.25, 0.3) is 0 Å². The van der Waals surface area contributed by atoms with Crippen molar-refractivity contribution in [1.82, 2.24) is 0 Å². The van der Waals surface area contributed by atoms with Crippen molar-refractivity contribution in [3.63, 3.8) is 0 Å². The van der Waals surface area contributed by atoms with Crippen LogP contribution in [0.3, 0.4) is 0 Å². The summed E-state index contributed by atoms with van der Waals surface area (Å²) in [6, 6.07) is 15.4. The van der Waals surface area contributed by atoms with Crippen LogP contribution in [0, 0.1) is 6.92 Å². The SMILES string of the molecule is Cc1c(-c2ccccc2)c(=O)oc2cc(SCCO)ccc12. The Morgan fingerprint density at radius 2 is 1.91 bits per heavy atom. The van der Waals surface area contributed by atoms with Gasteiger partial charge in [0.1, 0.15) is 5.58 Å². The quantitative estimate of drug-likeness (QED) is 0.587. The minimum absolute atomic E-state index is 0.124. The molecule has 0 fully saturated rings. The van der Waals surface area contributed by atoms with Crippen molar-refractivity contribution >= 4 is 22.7 Å². The first-order valence-corrected chi connectivity index (χ1v) is 8.06. The van der Waals surface area contributed by atoms with E-state index in [1.54, 1.807) is 0 Å². The summed E-state index contributed by atoms with van der Waals surface area (Å²) in [5.41, 5.74) is 2.68. The van der Waals surface area contributed by atoms with E-state index in [1.165, 1.54) is 11.8 Å². The highest BCUT2D eigenvalue weighted by Crippen LogP contribution is 2.29. The molecule has 0 aliphatic carbocycles. The first-order chi connectivity index (χ1) is 10.7. The van der Waals surface area contributed by atoms with Gasteiger partial charge in [-0.2, -0.15) is 0 Å². The maximum atomic E-state index is 12.4. The normalized spacial score (nSPS) is 11.0. The lowest BCUT2D eigenvalue weighted by Gasteiger charge is -2.09. The number of hydrogen-bond donors (Lipinski definition) is 1. The van der Waals surface area contributed by atoms with Crippen molar-refractivity contribution in [2.45, 2.75) is 11.8 Å². The smallest absolute Gasteiger partial charge is 0.344 e. The highest BCUT2D eigenvalue weighted by molar-refractivity contribution is 7.99. The molecule has 1 aromatic heterocycles. The summed E-state index contributed by atoms with van der Waals surface area (Å²) < 4.78 is 5.52. The molecule has 0 aliphatic rings. The first kappa shape index (κ1) is 14.9. The lowest BCUT2D eigenvalue weighted by atomic mass is 10.00. The highest BCUT2D eigenvalue weighted by atomic mass is 32.2. The molecule has 0 saturated heterocycles. The van der Waals surface area contributed by atoms with Crippen LogP contribution < -0.4 is 5.63 Å². The molecule has 4 heteroatoms. The second kappa shape index (κ2) is 6.38. The molecule has 0 amide bonds. The number of aliphatic hydroxyl groups is 1. The van der Waals surface area contributed by atoms with E-state index in [1.807, 2.05) is 55.5 Å². The molecule has 3 nitrogen and oxygen atoms in total. The van der Waals surface area contributed by atoms with E-state index in [4.69, 9.17) is 9.52 Å². The Balaban J connectivity index is 2.16. The molecule has 1 N–H and O–H groups in total. The van der Waals surface area contributed by atoms with E-state index in [2.05, 4.69) is 0 Å². The number of thioether (sulfide) groups is 1. The molecule has 3 rings (SSSR count).